The van der Waals surface area contributed by atoms with Crippen LogP contribution in [0, 0.1) is 13.8 Å². The van der Waals surface area contributed by atoms with E-state index in [2.05, 4.69) is 60.1 Å². The number of nitrogens with zero attached hydrogens (tertiary/aromatic N) is 2. The molecule has 0 fully saturated rings. The average molecular weight is 243 g/mol. The maximum atomic E-state index is 4.47. The van der Waals surface area contributed by atoms with Gasteiger partial charge in [0.1, 0.15) is 0 Å². The van der Waals surface area contributed by atoms with Crippen molar-refractivity contribution in [3.05, 3.63) is 52.8 Å². The van der Waals surface area contributed by atoms with Gasteiger partial charge in [-0.05, 0) is 26.0 Å². The third-order valence-electron chi connectivity index (χ3n) is 3.19. The summed E-state index contributed by atoms with van der Waals surface area (Å²) in [6.07, 6.45) is 1.97. The Bertz CT molecular complexity index is 514. The Kier molecular flexibility index (Phi) is 4.15. The van der Waals surface area contributed by atoms with Crippen LogP contribution in [0.5, 0.6) is 0 Å². The van der Waals surface area contributed by atoms with Gasteiger partial charge in [-0.3, -0.25) is 4.68 Å². The molecule has 1 heterocycles. The number of hydrogen-bond donors (Lipinski definition) is 1. The first kappa shape index (κ1) is 12.8. The summed E-state index contributed by atoms with van der Waals surface area (Å²) >= 11 is 0. The van der Waals surface area contributed by atoms with Gasteiger partial charge >= 0.3 is 0 Å². The maximum absolute atomic E-state index is 4.47. The standard InChI is InChI=1S/C15H21N3/c1-4-16-9-15-10-17-18(13(15)3)11-14-7-5-6-12(2)8-14/h5-8,10,16H,4,9,11H2,1-3H3. The first-order chi connectivity index (χ1) is 8.70. The Morgan fingerprint density at radius 3 is 2.83 bits per heavy atom. The summed E-state index contributed by atoms with van der Waals surface area (Å²) in [5.74, 6) is 0. The van der Waals surface area contributed by atoms with E-state index in [1.807, 2.05) is 6.20 Å². The first-order valence-corrected chi connectivity index (χ1v) is 6.48. The highest BCUT2D eigenvalue weighted by molar-refractivity contribution is 5.24. The summed E-state index contributed by atoms with van der Waals surface area (Å²) in [7, 11) is 0. The molecule has 0 bridgehead atoms. The summed E-state index contributed by atoms with van der Waals surface area (Å²) in [5, 5.41) is 7.81. The molecule has 0 saturated carbocycles. The van der Waals surface area contributed by atoms with Crippen molar-refractivity contribution in [3.8, 4) is 0 Å². The van der Waals surface area contributed by atoms with Crippen LogP contribution in [-0.2, 0) is 13.1 Å². The number of aryl methyl sites for hydroxylation is 1. The lowest BCUT2D eigenvalue weighted by atomic mass is 10.1. The molecule has 0 unspecified atom stereocenters. The molecule has 2 aromatic rings. The monoisotopic (exact) mass is 243 g/mol. The third kappa shape index (κ3) is 2.99. The second kappa shape index (κ2) is 5.83. The van der Waals surface area contributed by atoms with E-state index in [-0.39, 0.29) is 0 Å². The summed E-state index contributed by atoms with van der Waals surface area (Å²) in [6.45, 7) is 9.11. The van der Waals surface area contributed by atoms with E-state index in [0.29, 0.717) is 0 Å². The van der Waals surface area contributed by atoms with Gasteiger partial charge in [0.15, 0.2) is 0 Å². The van der Waals surface area contributed by atoms with Crippen LogP contribution in [0.25, 0.3) is 0 Å². The maximum Gasteiger partial charge on any atom is 0.0662 e. The van der Waals surface area contributed by atoms with Crippen LogP contribution in [-0.4, -0.2) is 16.3 Å². The minimum atomic E-state index is 0.847. The molecular weight excluding hydrogens is 222 g/mol. The van der Waals surface area contributed by atoms with Crippen molar-refractivity contribution < 1.29 is 0 Å². The highest BCUT2D eigenvalue weighted by atomic mass is 15.3. The molecule has 0 aliphatic carbocycles. The van der Waals surface area contributed by atoms with Crippen LogP contribution in [0.15, 0.2) is 30.5 Å². The van der Waals surface area contributed by atoms with E-state index in [9.17, 15) is 0 Å². The number of aromatic nitrogens is 2. The number of nitrogens with one attached hydrogen (secondary N) is 1. The summed E-state index contributed by atoms with van der Waals surface area (Å²) in [6, 6.07) is 8.59. The lowest BCUT2D eigenvalue weighted by Crippen LogP contribution is -2.12. The van der Waals surface area contributed by atoms with Crippen molar-refractivity contribution in [2.75, 3.05) is 6.54 Å². The van der Waals surface area contributed by atoms with Crippen molar-refractivity contribution in [1.29, 1.82) is 0 Å². The van der Waals surface area contributed by atoms with E-state index >= 15 is 0 Å². The molecular formula is C15H21N3. The van der Waals surface area contributed by atoms with Crippen LogP contribution in [0.4, 0.5) is 0 Å². The van der Waals surface area contributed by atoms with Gasteiger partial charge in [0.05, 0.1) is 12.7 Å². The molecule has 0 saturated heterocycles. The van der Waals surface area contributed by atoms with E-state index < -0.39 is 0 Å². The highest BCUT2D eigenvalue weighted by Gasteiger charge is 2.06. The highest BCUT2D eigenvalue weighted by Crippen LogP contribution is 2.11. The molecule has 0 atom stereocenters. The zero-order valence-corrected chi connectivity index (χ0v) is 11.4. The van der Waals surface area contributed by atoms with Gasteiger partial charge in [0, 0.05) is 17.8 Å². The lowest BCUT2D eigenvalue weighted by molar-refractivity contribution is 0.659. The fraction of sp³-hybridized carbons (Fsp3) is 0.400. The van der Waals surface area contributed by atoms with Gasteiger partial charge in [-0.2, -0.15) is 5.10 Å². The summed E-state index contributed by atoms with van der Waals surface area (Å²) in [5.41, 5.74) is 5.13. The Morgan fingerprint density at radius 1 is 1.28 bits per heavy atom. The van der Waals surface area contributed by atoms with Crippen molar-refractivity contribution in [2.24, 2.45) is 0 Å². The molecule has 1 N–H and O–H groups in total. The Labute approximate surface area is 109 Å². The Balaban J connectivity index is 2.12. The predicted molar refractivity (Wildman–Crippen MR) is 74.6 cm³/mol. The van der Waals surface area contributed by atoms with Crippen LogP contribution >= 0.6 is 0 Å². The fourth-order valence-corrected chi connectivity index (χ4v) is 2.06. The molecule has 3 heteroatoms. The molecule has 2 rings (SSSR count). The summed E-state index contributed by atoms with van der Waals surface area (Å²) in [4.78, 5) is 0. The van der Waals surface area contributed by atoms with Crippen LogP contribution in [0.3, 0.4) is 0 Å². The van der Waals surface area contributed by atoms with Gasteiger partial charge < -0.3 is 5.32 Å². The molecule has 0 aliphatic rings. The van der Waals surface area contributed by atoms with Gasteiger partial charge in [-0.15, -0.1) is 0 Å². The first-order valence-electron chi connectivity index (χ1n) is 6.48. The van der Waals surface area contributed by atoms with E-state index in [0.717, 1.165) is 19.6 Å². The molecule has 0 aliphatic heterocycles. The molecule has 1 aromatic carbocycles. The molecule has 0 radical (unpaired) electrons. The number of benzene rings is 1. The largest absolute Gasteiger partial charge is 0.313 e. The minimum absolute atomic E-state index is 0.847. The zero-order valence-electron chi connectivity index (χ0n) is 11.4. The molecule has 3 nitrogen and oxygen atoms in total. The lowest BCUT2D eigenvalue weighted by Gasteiger charge is -2.07. The van der Waals surface area contributed by atoms with E-state index in [1.165, 1.54) is 22.4 Å². The SMILES string of the molecule is CCNCc1cnn(Cc2cccc(C)c2)c1C. The quantitative estimate of drug-likeness (QED) is 0.875. The third-order valence-corrected chi connectivity index (χ3v) is 3.19. The van der Waals surface area contributed by atoms with Crippen molar-refractivity contribution in [1.82, 2.24) is 15.1 Å². The van der Waals surface area contributed by atoms with Gasteiger partial charge in [-0.1, -0.05) is 36.8 Å². The zero-order chi connectivity index (χ0) is 13.0. The van der Waals surface area contributed by atoms with Crippen molar-refractivity contribution >= 4 is 0 Å². The van der Waals surface area contributed by atoms with Crippen molar-refractivity contribution in [3.63, 3.8) is 0 Å². The van der Waals surface area contributed by atoms with Crippen LogP contribution < -0.4 is 5.32 Å². The molecule has 0 amide bonds. The average Bonchev–Trinajstić information content (AvgIpc) is 2.69. The van der Waals surface area contributed by atoms with Crippen molar-refractivity contribution in [2.45, 2.75) is 33.9 Å². The molecule has 96 valence electrons. The van der Waals surface area contributed by atoms with E-state index in [4.69, 9.17) is 0 Å². The second-order valence-electron chi connectivity index (χ2n) is 4.68. The van der Waals surface area contributed by atoms with E-state index in [1.54, 1.807) is 0 Å². The van der Waals surface area contributed by atoms with Gasteiger partial charge in [0.25, 0.3) is 0 Å². The normalized spacial score (nSPS) is 10.8. The molecule has 18 heavy (non-hydrogen) atoms. The smallest absolute Gasteiger partial charge is 0.0662 e. The molecule has 1 aromatic heterocycles. The molecule has 0 spiro atoms. The van der Waals surface area contributed by atoms with Crippen LogP contribution in [0.2, 0.25) is 0 Å². The van der Waals surface area contributed by atoms with Gasteiger partial charge in [-0.25, -0.2) is 0 Å². The number of rotatable bonds is 5. The summed E-state index contributed by atoms with van der Waals surface area (Å²) < 4.78 is 2.07. The topological polar surface area (TPSA) is 29.9 Å². The Hall–Kier alpha value is -1.61. The fourth-order valence-electron chi connectivity index (χ4n) is 2.06. The second-order valence-corrected chi connectivity index (χ2v) is 4.68. The van der Waals surface area contributed by atoms with Crippen LogP contribution in [0.1, 0.15) is 29.3 Å². The number of hydrogen-bond acceptors (Lipinski definition) is 2. The minimum Gasteiger partial charge on any atom is -0.313 e. The predicted octanol–water partition coefficient (Wildman–Crippen LogP) is 2.66. The Morgan fingerprint density at radius 2 is 2.11 bits per heavy atom. The van der Waals surface area contributed by atoms with Gasteiger partial charge in [0.2, 0.25) is 0 Å².